The smallest absolute Gasteiger partial charge is 0.209 e. The molecule has 0 radical (unpaired) electrons. The van der Waals surface area contributed by atoms with Gasteiger partial charge in [0.1, 0.15) is 0 Å². The van der Waals surface area contributed by atoms with Gasteiger partial charge in [-0.1, -0.05) is 18.2 Å². The minimum Gasteiger partial charge on any atom is -0.378 e. The van der Waals surface area contributed by atoms with E-state index in [9.17, 15) is 0 Å². The lowest BCUT2D eigenvalue weighted by Crippen LogP contribution is -2.43. The van der Waals surface area contributed by atoms with Gasteiger partial charge in [-0.05, 0) is 6.07 Å². The lowest BCUT2D eigenvalue weighted by Gasteiger charge is -2.30. The molecule has 2 rings (SSSR count). The first kappa shape index (κ1) is 9.04. The molecule has 0 unspecified atom stereocenters. The van der Waals surface area contributed by atoms with Crippen LogP contribution in [0, 0.1) is 6.57 Å². The van der Waals surface area contributed by atoms with Gasteiger partial charge in [-0.3, -0.25) is 0 Å². The zero-order chi connectivity index (χ0) is 9.80. The summed E-state index contributed by atoms with van der Waals surface area (Å²) in [5.41, 5.74) is 1.83. The molecule has 1 heterocycles. The average Bonchev–Trinajstić information content (AvgIpc) is 2.30. The minimum absolute atomic E-state index is 0.759. The fourth-order valence-electron chi connectivity index (χ4n) is 1.73. The largest absolute Gasteiger partial charge is 0.378 e. The number of hydrogen-bond acceptors (Lipinski definition) is 2. The average molecular weight is 187 g/mol. The van der Waals surface area contributed by atoms with E-state index >= 15 is 0 Å². The fourth-order valence-corrected chi connectivity index (χ4v) is 1.73. The van der Waals surface area contributed by atoms with Crippen LogP contribution in [0.2, 0.25) is 0 Å². The summed E-state index contributed by atoms with van der Waals surface area (Å²) in [7, 11) is 0. The lowest BCUT2D eigenvalue weighted by molar-refractivity contribution is 0.590. The molecule has 0 aromatic heterocycles. The molecule has 0 bridgehead atoms. The molecule has 72 valence electrons. The van der Waals surface area contributed by atoms with E-state index in [1.54, 1.807) is 0 Å². The van der Waals surface area contributed by atoms with Gasteiger partial charge in [-0.2, -0.15) is 0 Å². The van der Waals surface area contributed by atoms with E-state index in [0.29, 0.717) is 0 Å². The van der Waals surface area contributed by atoms with E-state index in [-0.39, 0.29) is 0 Å². The summed E-state index contributed by atoms with van der Waals surface area (Å²) in [4.78, 5) is 5.80. The second-order valence-electron chi connectivity index (χ2n) is 3.34. The zero-order valence-corrected chi connectivity index (χ0v) is 8.03. The lowest BCUT2D eigenvalue weighted by atomic mass is 10.2. The Morgan fingerprint density at radius 1 is 1.21 bits per heavy atom. The van der Waals surface area contributed by atoms with Crippen molar-refractivity contribution in [2.24, 2.45) is 0 Å². The molecule has 1 aliphatic rings. The third kappa shape index (κ3) is 1.70. The molecule has 1 aromatic carbocycles. The third-order valence-corrected chi connectivity index (χ3v) is 2.46. The Labute approximate surface area is 84.2 Å². The van der Waals surface area contributed by atoms with Gasteiger partial charge in [0.25, 0.3) is 0 Å². The van der Waals surface area contributed by atoms with E-state index in [0.717, 1.165) is 37.6 Å². The van der Waals surface area contributed by atoms with Crippen molar-refractivity contribution in [3.63, 3.8) is 0 Å². The van der Waals surface area contributed by atoms with Gasteiger partial charge in [0.2, 0.25) is 5.69 Å². The maximum Gasteiger partial charge on any atom is 0.209 e. The predicted octanol–water partition coefficient (Wildman–Crippen LogP) is 1.65. The van der Waals surface area contributed by atoms with Crippen LogP contribution in [-0.2, 0) is 0 Å². The quantitative estimate of drug-likeness (QED) is 0.674. The summed E-state index contributed by atoms with van der Waals surface area (Å²) in [5, 5.41) is 3.30. The van der Waals surface area contributed by atoms with Gasteiger partial charge in [0.15, 0.2) is 0 Å². The van der Waals surface area contributed by atoms with E-state index in [2.05, 4.69) is 15.1 Å². The van der Waals surface area contributed by atoms with Crippen molar-refractivity contribution in [2.45, 2.75) is 0 Å². The highest BCUT2D eigenvalue weighted by atomic mass is 15.2. The maximum absolute atomic E-state index is 7.09. The zero-order valence-electron chi connectivity index (χ0n) is 8.03. The van der Waals surface area contributed by atoms with Crippen LogP contribution in [0.25, 0.3) is 4.85 Å². The SMILES string of the molecule is [C-]#[N+]c1ccccc1N1CCNCC1. The predicted molar refractivity (Wildman–Crippen MR) is 57.8 cm³/mol. The molecule has 0 amide bonds. The number of nitrogens with zero attached hydrogens (tertiary/aromatic N) is 2. The van der Waals surface area contributed by atoms with Crippen LogP contribution >= 0.6 is 0 Å². The van der Waals surface area contributed by atoms with E-state index in [1.807, 2.05) is 24.3 Å². The number of hydrogen-bond donors (Lipinski definition) is 1. The summed E-state index contributed by atoms with van der Waals surface area (Å²) >= 11 is 0. The van der Waals surface area contributed by atoms with E-state index in [1.165, 1.54) is 0 Å². The van der Waals surface area contributed by atoms with Crippen molar-refractivity contribution >= 4 is 11.4 Å². The Bertz CT molecular complexity index is 348. The molecule has 1 aromatic rings. The van der Waals surface area contributed by atoms with Crippen LogP contribution in [0.4, 0.5) is 11.4 Å². The van der Waals surface area contributed by atoms with Crippen molar-refractivity contribution in [1.29, 1.82) is 0 Å². The molecule has 0 aliphatic carbocycles. The highest BCUT2D eigenvalue weighted by Crippen LogP contribution is 2.28. The summed E-state index contributed by atoms with van der Waals surface area (Å²) in [6.07, 6.45) is 0. The number of benzene rings is 1. The van der Waals surface area contributed by atoms with Crippen LogP contribution < -0.4 is 10.2 Å². The van der Waals surface area contributed by atoms with Crippen LogP contribution in [0.5, 0.6) is 0 Å². The van der Waals surface area contributed by atoms with E-state index < -0.39 is 0 Å². The normalized spacial score (nSPS) is 16.4. The first-order chi connectivity index (χ1) is 6.92. The third-order valence-electron chi connectivity index (χ3n) is 2.46. The summed E-state index contributed by atoms with van der Waals surface area (Å²) in [5.74, 6) is 0. The fraction of sp³-hybridized carbons (Fsp3) is 0.364. The standard InChI is InChI=1S/C11H13N3/c1-12-10-4-2-3-5-11(10)14-8-6-13-7-9-14/h2-5,13H,6-9H2. The Morgan fingerprint density at radius 2 is 1.93 bits per heavy atom. The molecule has 1 N–H and O–H groups in total. The molecule has 0 spiro atoms. The van der Waals surface area contributed by atoms with Crippen molar-refractivity contribution in [1.82, 2.24) is 5.32 Å². The molecule has 0 saturated carbocycles. The number of anilines is 1. The van der Waals surface area contributed by atoms with Crippen molar-refractivity contribution < 1.29 is 0 Å². The summed E-state index contributed by atoms with van der Waals surface area (Å²) < 4.78 is 0. The number of rotatable bonds is 1. The van der Waals surface area contributed by atoms with Gasteiger partial charge < -0.3 is 10.2 Å². The molecule has 0 atom stereocenters. The van der Waals surface area contributed by atoms with Gasteiger partial charge in [-0.25, -0.2) is 4.85 Å². The highest BCUT2D eigenvalue weighted by molar-refractivity contribution is 5.70. The number of para-hydroxylation sites is 2. The Balaban J connectivity index is 2.26. The minimum atomic E-state index is 0.759. The molecular formula is C11H13N3. The van der Waals surface area contributed by atoms with E-state index in [4.69, 9.17) is 6.57 Å². The number of piperazine rings is 1. The second-order valence-corrected chi connectivity index (χ2v) is 3.34. The molecule has 3 heteroatoms. The molecule has 1 fully saturated rings. The van der Waals surface area contributed by atoms with Crippen molar-refractivity contribution in [2.75, 3.05) is 31.1 Å². The van der Waals surface area contributed by atoms with Gasteiger partial charge in [0, 0.05) is 31.9 Å². The summed E-state index contributed by atoms with van der Waals surface area (Å²) in [6.45, 7) is 11.1. The van der Waals surface area contributed by atoms with Gasteiger partial charge in [0.05, 0.1) is 6.57 Å². The Hall–Kier alpha value is -1.53. The monoisotopic (exact) mass is 187 g/mol. The molecule has 14 heavy (non-hydrogen) atoms. The second kappa shape index (κ2) is 4.12. The Kier molecular flexibility index (Phi) is 2.66. The van der Waals surface area contributed by atoms with Crippen LogP contribution in [0.1, 0.15) is 0 Å². The first-order valence-corrected chi connectivity index (χ1v) is 4.84. The van der Waals surface area contributed by atoms with Crippen molar-refractivity contribution in [3.05, 3.63) is 35.7 Å². The van der Waals surface area contributed by atoms with Crippen LogP contribution in [0.15, 0.2) is 24.3 Å². The number of nitrogens with one attached hydrogen (secondary N) is 1. The summed E-state index contributed by atoms with van der Waals surface area (Å²) in [6, 6.07) is 7.81. The Morgan fingerprint density at radius 3 is 2.64 bits per heavy atom. The van der Waals surface area contributed by atoms with Gasteiger partial charge >= 0.3 is 0 Å². The highest BCUT2D eigenvalue weighted by Gasteiger charge is 2.12. The van der Waals surface area contributed by atoms with Crippen LogP contribution in [0.3, 0.4) is 0 Å². The molecule has 1 aliphatic heterocycles. The van der Waals surface area contributed by atoms with Crippen LogP contribution in [-0.4, -0.2) is 26.2 Å². The molecular weight excluding hydrogens is 174 g/mol. The molecule has 3 nitrogen and oxygen atoms in total. The first-order valence-electron chi connectivity index (χ1n) is 4.84. The van der Waals surface area contributed by atoms with Gasteiger partial charge in [-0.15, -0.1) is 0 Å². The molecule has 1 saturated heterocycles. The topological polar surface area (TPSA) is 19.6 Å². The van der Waals surface area contributed by atoms with Crippen molar-refractivity contribution in [3.8, 4) is 0 Å². The maximum atomic E-state index is 7.09.